The van der Waals surface area contributed by atoms with Gasteiger partial charge in [-0.3, -0.25) is 0 Å². The molecule has 12 heavy (non-hydrogen) atoms. The summed E-state index contributed by atoms with van der Waals surface area (Å²) in [4.78, 5) is 0. The summed E-state index contributed by atoms with van der Waals surface area (Å²) in [7, 11) is -1.77. The van der Waals surface area contributed by atoms with Crippen LogP contribution in [-0.4, -0.2) is 21.8 Å². The van der Waals surface area contributed by atoms with Gasteiger partial charge in [-0.2, -0.15) is 0 Å². The Morgan fingerprint density at radius 2 is 1.67 bits per heavy atom. The van der Waals surface area contributed by atoms with Crippen LogP contribution in [0.2, 0.25) is 11.1 Å². The second kappa shape index (κ2) is 3.48. The zero-order valence-corrected chi connectivity index (χ0v) is 9.64. The second-order valence-electron chi connectivity index (χ2n) is 4.00. The smallest absolute Gasteiger partial charge is 0.343 e. The fourth-order valence-corrected chi connectivity index (χ4v) is 5.62. The Kier molecular flexibility index (Phi) is 2.96. The van der Waals surface area contributed by atoms with Gasteiger partial charge in [0.15, 0.2) is 0 Å². The van der Waals surface area contributed by atoms with Gasteiger partial charge in [0.05, 0.1) is 0 Å². The van der Waals surface area contributed by atoms with Crippen molar-refractivity contribution in [2.45, 2.75) is 45.2 Å². The SMILES string of the molecule is CCO[Si]1(OCC)CCC1(C)C. The van der Waals surface area contributed by atoms with E-state index < -0.39 is 8.56 Å². The third kappa shape index (κ3) is 1.45. The molecule has 72 valence electrons. The molecule has 0 aromatic heterocycles. The average molecular weight is 188 g/mol. The van der Waals surface area contributed by atoms with Gasteiger partial charge in [0.1, 0.15) is 0 Å². The van der Waals surface area contributed by atoms with Crippen molar-refractivity contribution in [1.82, 2.24) is 0 Å². The molecule has 0 N–H and O–H groups in total. The molecule has 1 saturated heterocycles. The van der Waals surface area contributed by atoms with Gasteiger partial charge in [0, 0.05) is 18.3 Å². The summed E-state index contributed by atoms with van der Waals surface area (Å²) in [5.74, 6) is 0. The average Bonchev–Trinajstić information content (AvgIpc) is 2.02. The molecule has 1 aliphatic heterocycles. The standard InChI is InChI=1S/C9H20O2Si/c1-5-10-12(11-6-2)8-7-9(12,3)4/h5-8H2,1-4H3. The van der Waals surface area contributed by atoms with Crippen LogP contribution in [0.5, 0.6) is 0 Å². The largest absolute Gasteiger partial charge is 0.394 e. The van der Waals surface area contributed by atoms with E-state index >= 15 is 0 Å². The Morgan fingerprint density at radius 3 is 1.83 bits per heavy atom. The van der Waals surface area contributed by atoms with Crippen LogP contribution in [0.15, 0.2) is 0 Å². The van der Waals surface area contributed by atoms with E-state index in [4.69, 9.17) is 8.85 Å². The first kappa shape index (κ1) is 10.2. The van der Waals surface area contributed by atoms with Crippen molar-refractivity contribution in [1.29, 1.82) is 0 Å². The maximum Gasteiger partial charge on any atom is 0.343 e. The summed E-state index contributed by atoms with van der Waals surface area (Å²) in [5, 5.41) is 0.332. The molecule has 0 unspecified atom stereocenters. The summed E-state index contributed by atoms with van der Waals surface area (Å²) < 4.78 is 11.7. The summed E-state index contributed by atoms with van der Waals surface area (Å²) in [6, 6.07) is 1.18. The van der Waals surface area contributed by atoms with Crippen molar-refractivity contribution < 1.29 is 8.85 Å². The normalized spacial score (nSPS) is 25.0. The fraction of sp³-hybridized carbons (Fsp3) is 1.00. The fourth-order valence-electron chi connectivity index (χ4n) is 1.87. The van der Waals surface area contributed by atoms with E-state index in [-0.39, 0.29) is 0 Å². The minimum atomic E-state index is -1.77. The predicted molar refractivity (Wildman–Crippen MR) is 52.5 cm³/mol. The summed E-state index contributed by atoms with van der Waals surface area (Å²) >= 11 is 0. The summed E-state index contributed by atoms with van der Waals surface area (Å²) in [6.45, 7) is 10.3. The van der Waals surface area contributed by atoms with Gasteiger partial charge in [-0.05, 0) is 26.3 Å². The molecular formula is C9H20O2Si. The van der Waals surface area contributed by atoms with E-state index in [1.54, 1.807) is 0 Å². The van der Waals surface area contributed by atoms with Crippen LogP contribution in [0.3, 0.4) is 0 Å². The van der Waals surface area contributed by atoms with Gasteiger partial charge in [0.2, 0.25) is 0 Å². The first-order chi connectivity index (χ1) is 5.58. The van der Waals surface area contributed by atoms with Gasteiger partial charge in [0.25, 0.3) is 0 Å². The summed E-state index contributed by atoms with van der Waals surface area (Å²) in [5.41, 5.74) is 0. The Morgan fingerprint density at radius 1 is 1.17 bits per heavy atom. The van der Waals surface area contributed by atoms with Crippen LogP contribution in [-0.2, 0) is 8.85 Å². The van der Waals surface area contributed by atoms with Crippen LogP contribution >= 0.6 is 0 Å². The quantitative estimate of drug-likeness (QED) is 0.632. The predicted octanol–water partition coefficient (Wildman–Crippen LogP) is 2.69. The highest BCUT2D eigenvalue weighted by molar-refractivity contribution is 6.73. The molecule has 0 atom stereocenters. The summed E-state index contributed by atoms with van der Waals surface area (Å²) in [6.07, 6.45) is 1.26. The lowest BCUT2D eigenvalue weighted by Crippen LogP contribution is -2.58. The topological polar surface area (TPSA) is 18.5 Å². The molecule has 0 bridgehead atoms. The van der Waals surface area contributed by atoms with Crippen LogP contribution < -0.4 is 0 Å². The molecule has 0 amide bonds. The second-order valence-corrected chi connectivity index (χ2v) is 7.94. The van der Waals surface area contributed by atoms with Gasteiger partial charge in [-0.25, -0.2) is 0 Å². The van der Waals surface area contributed by atoms with E-state index in [0.717, 1.165) is 13.2 Å². The van der Waals surface area contributed by atoms with Crippen LogP contribution in [0, 0.1) is 0 Å². The van der Waals surface area contributed by atoms with Crippen molar-refractivity contribution in [3.05, 3.63) is 0 Å². The lowest BCUT2D eigenvalue weighted by atomic mass is 10.1. The van der Waals surface area contributed by atoms with Crippen molar-refractivity contribution in [2.24, 2.45) is 0 Å². The number of hydrogen-bond donors (Lipinski definition) is 0. The van der Waals surface area contributed by atoms with Crippen LogP contribution in [0.25, 0.3) is 0 Å². The van der Waals surface area contributed by atoms with Crippen molar-refractivity contribution in [3.8, 4) is 0 Å². The molecule has 2 nitrogen and oxygen atoms in total. The molecule has 1 rings (SSSR count). The van der Waals surface area contributed by atoms with Gasteiger partial charge in [-0.1, -0.05) is 13.8 Å². The Labute approximate surface area is 76.5 Å². The van der Waals surface area contributed by atoms with Crippen molar-refractivity contribution in [2.75, 3.05) is 13.2 Å². The molecule has 1 aliphatic rings. The van der Waals surface area contributed by atoms with Gasteiger partial charge >= 0.3 is 8.56 Å². The third-order valence-electron chi connectivity index (χ3n) is 2.87. The molecule has 0 aromatic rings. The third-order valence-corrected chi connectivity index (χ3v) is 7.60. The number of hydrogen-bond acceptors (Lipinski definition) is 2. The Balaban J connectivity index is 2.60. The maximum atomic E-state index is 5.84. The molecule has 0 spiro atoms. The van der Waals surface area contributed by atoms with Crippen LogP contribution in [0.1, 0.15) is 34.1 Å². The van der Waals surface area contributed by atoms with Crippen molar-refractivity contribution in [3.63, 3.8) is 0 Å². The molecule has 3 heteroatoms. The van der Waals surface area contributed by atoms with E-state index in [1.807, 2.05) is 0 Å². The molecule has 0 aromatic carbocycles. The Bertz CT molecular complexity index is 151. The first-order valence-electron chi connectivity index (χ1n) is 4.86. The van der Waals surface area contributed by atoms with E-state index in [9.17, 15) is 0 Å². The van der Waals surface area contributed by atoms with E-state index in [2.05, 4.69) is 27.7 Å². The maximum absolute atomic E-state index is 5.84. The molecule has 0 radical (unpaired) electrons. The van der Waals surface area contributed by atoms with E-state index in [0.29, 0.717) is 5.04 Å². The first-order valence-corrected chi connectivity index (χ1v) is 6.88. The minimum Gasteiger partial charge on any atom is -0.394 e. The minimum absolute atomic E-state index is 0.332. The highest BCUT2D eigenvalue weighted by atomic mass is 28.4. The highest BCUT2D eigenvalue weighted by Gasteiger charge is 2.59. The van der Waals surface area contributed by atoms with E-state index in [1.165, 1.54) is 12.5 Å². The molecular weight excluding hydrogens is 168 g/mol. The molecule has 0 aliphatic carbocycles. The number of rotatable bonds is 4. The molecule has 1 heterocycles. The molecule has 0 saturated carbocycles. The highest BCUT2D eigenvalue weighted by Crippen LogP contribution is 2.55. The lowest BCUT2D eigenvalue weighted by molar-refractivity contribution is 0.130. The van der Waals surface area contributed by atoms with Gasteiger partial charge in [-0.15, -0.1) is 0 Å². The zero-order chi connectivity index (χ0) is 9.24. The zero-order valence-electron chi connectivity index (χ0n) is 8.64. The van der Waals surface area contributed by atoms with Gasteiger partial charge < -0.3 is 8.85 Å². The molecule has 1 fully saturated rings. The lowest BCUT2D eigenvalue weighted by Gasteiger charge is -2.51. The monoisotopic (exact) mass is 188 g/mol. The van der Waals surface area contributed by atoms with Crippen LogP contribution in [0.4, 0.5) is 0 Å². The Hall–Kier alpha value is 0.137. The van der Waals surface area contributed by atoms with Crippen molar-refractivity contribution >= 4 is 8.56 Å².